The number of thiazole rings is 1. The number of aromatic nitrogens is 1. The maximum absolute atomic E-state index is 12.9. The minimum atomic E-state index is -0.158. The summed E-state index contributed by atoms with van der Waals surface area (Å²) in [5, 5.41) is 3.90. The third kappa shape index (κ3) is 3.93. The van der Waals surface area contributed by atoms with E-state index < -0.39 is 0 Å². The Morgan fingerprint density at radius 1 is 1.14 bits per heavy atom. The summed E-state index contributed by atoms with van der Waals surface area (Å²) in [4.78, 5) is 32.4. The van der Waals surface area contributed by atoms with Gasteiger partial charge in [0.1, 0.15) is 4.88 Å². The van der Waals surface area contributed by atoms with Crippen molar-refractivity contribution >= 4 is 34.5 Å². The SMILES string of the molecule is CCCc1nc(C)c(C(=O)Nc2ccc(C(=O)N3CCc4ccccc43)cc2)s1. The van der Waals surface area contributed by atoms with E-state index in [4.69, 9.17) is 0 Å². The Morgan fingerprint density at radius 3 is 2.66 bits per heavy atom. The quantitative estimate of drug-likeness (QED) is 0.659. The molecular weight excluding hydrogens is 382 g/mol. The summed E-state index contributed by atoms with van der Waals surface area (Å²) in [6, 6.07) is 15.1. The molecule has 2 aromatic carbocycles. The molecule has 1 aliphatic rings. The molecule has 1 aliphatic heterocycles. The van der Waals surface area contributed by atoms with Gasteiger partial charge in [-0.05, 0) is 62.1 Å². The van der Waals surface area contributed by atoms with Gasteiger partial charge in [0.2, 0.25) is 0 Å². The van der Waals surface area contributed by atoms with Gasteiger partial charge in [-0.2, -0.15) is 0 Å². The van der Waals surface area contributed by atoms with Gasteiger partial charge in [-0.3, -0.25) is 9.59 Å². The average molecular weight is 406 g/mol. The Bertz CT molecular complexity index is 1060. The Hall–Kier alpha value is -2.99. The molecule has 2 amide bonds. The number of nitrogens with zero attached hydrogens (tertiary/aromatic N) is 2. The van der Waals surface area contributed by atoms with Crippen molar-refractivity contribution in [1.82, 2.24) is 4.98 Å². The second-order valence-corrected chi connectivity index (χ2v) is 8.22. The zero-order valence-corrected chi connectivity index (χ0v) is 17.4. The summed E-state index contributed by atoms with van der Waals surface area (Å²) >= 11 is 1.45. The smallest absolute Gasteiger partial charge is 0.267 e. The van der Waals surface area contributed by atoms with Gasteiger partial charge in [0, 0.05) is 23.5 Å². The minimum absolute atomic E-state index is 0.0182. The molecule has 4 rings (SSSR count). The fourth-order valence-electron chi connectivity index (χ4n) is 3.57. The number of fused-ring (bicyclic) bond motifs is 1. The number of para-hydroxylation sites is 1. The molecule has 0 fully saturated rings. The van der Waals surface area contributed by atoms with E-state index in [1.807, 2.05) is 30.0 Å². The van der Waals surface area contributed by atoms with Gasteiger partial charge < -0.3 is 10.2 Å². The van der Waals surface area contributed by atoms with Crippen LogP contribution in [-0.4, -0.2) is 23.3 Å². The van der Waals surface area contributed by atoms with Crippen LogP contribution >= 0.6 is 11.3 Å². The highest BCUT2D eigenvalue weighted by Crippen LogP contribution is 2.29. The lowest BCUT2D eigenvalue weighted by atomic mass is 10.1. The topological polar surface area (TPSA) is 62.3 Å². The van der Waals surface area contributed by atoms with Crippen LogP contribution in [-0.2, 0) is 12.8 Å². The van der Waals surface area contributed by atoms with Crippen LogP contribution in [0.3, 0.4) is 0 Å². The van der Waals surface area contributed by atoms with Crippen LogP contribution in [0.1, 0.15) is 49.6 Å². The summed E-state index contributed by atoms with van der Waals surface area (Å²) in [6.07, 6.45) is 2.77. The predicted molar refractivity (Wildman–Crippen MR) is 117 cm³/mol. The van der Waals surface area contributed by atoms with E-state index in [1.165, 1.54) is 16.9 Å². The monoisotopic (exact) mass is 405 g/mol. The summed E-state index contributed by atoms with van der Waals surface area (Å²) < 4.78 is 0. The van der Waals surface area contributed by atoms with Crippen molar-refractivity contribution in [2.24, 2.45) is 0 Å². The molecule has 148 valence electrons. The van der Waals surface area contributed by atoms with Crippen LogP contribution in [0.4, 0.5) is 11.4 Å². The fraction of sp³-hybridized carbons (Fsp3) is 0.261. The van der Waals surface area contributed by atoms with Crippen LogP contribution in [0, 0.1) is 6.92 Å². The molecular formula is C23H23N3O2S. The largest absolute Gasteiger partial charge is 0.321 e. The van der Waals surface area contributed by atoms with Crippen molar-refractivity contribution in [3.63, 3.8) is 0 Å². The van der Waals surface area contributed by atoms with Crippen LogP contribution < -0.4 is 10.2 Å². The summed E-state index contributed by atoms with van der Waals surface area (Å²) in [6.45, 7) is 4.65. The first-order chi connectivity index (χ1) is 14.1. The molecule has 3 aromatic rings. The molecule has 0 aliphatic carbocycles. The molecule has 0 radical (unpaired) electrons. The molecule has 0 bridgehead atoms. The lowest BCUT2D eigenvalue weighted by molar-refractivity contribution is 0.0988. The summed E-state index contributed by atoms with van der Waals surface area (Å²) in [5.74, 6) is -0.176. The van der Waals surface area contributed by atoms with Gasteiger partial charge in [-0.15, -0.1) is 11.3 Å². The van der Waals surface area contributed by atoms with E-state index in [9.17, 15) is 9.59 Å². The zero-order valence-electron chi connectivity index (χ0n) is 16.6. The maximum Gasteiger partial charge on any atom is 0.267 e. The van der Waals surface area contributed by atoms with Crippen LogP contribution in [0.5, 0.6) is 0 Å². The highest BCUT2D eigenvalue weighted by Gasteiger charge is 2.25. The standard InChI is InChI=1S/C23H23N3O2S/c1-3-6-20-24-15(2)21(29-20)22(27)25-18-11-9-17(10-12-18)23(28)26-14-13-16-7-4-5-8-19(16)26/h4-5,7-12H,3,6,13-14H2,1-2H3,(H,25,27). The molecule has 1 N–H and O–H groups in total. The van der Waals surface area contributed by atoms with E-state index >= 15 is 0 Å². The van der Waals surface area contributed by atoms with Crippen molar-refractivity contribution in [2.45, 2.75) is 33.1 Å². The van der Waals surface area contributed by atoms with Crippen LogP contribution in [0.2, 0.25) is 0 Å². The number of anilines is 2. The molecule has 6 heteroatoms. The molecule has 2 heterocycles. The first kappa shape index (κ1) is 19.3. The Morgan fingerprint density at radius 2 is 1.90 bits per heavy atom. The Balaban J connectivity index is 1.46. The van der Waals surface area contributed by atoms with Crippen molar-refractivity contribution in [2.75, 3.05) is 16.8 Å². The highest BCUT2D eigenvalue weighted by atomic mass is 32.1. The van der Waals surface area contributed by atoms with Crippen LogP contribution in [0.15, 0.2) is 48.5 Å². The Labute approximate surface area is 174 Å². The van der Waals surface area contributed by atoms with Crippen molar-refractivity contribution in [3.8, 4) is 0 Å². The fourth-order valence-corrected chi connectivity index (χ4v) is 4.63. The second kappa shape index (κ2) is 8.17. The number of nitrogens with one attached hydrogen (secondary N) is 1. The number of carbonyl (C=O) groups is 2. The first-order valence-electron chi connectivity index (χ1n) is 9.84. The number of aryl methyl sites for hydroxylation is 2. The number of hydrogen-bond donors (Lipinski definition) is 1. The average Bonchev–Trinajstić information content (AvgIpc) is 3.32. The normalized spacial score (nSPS) is 12.7. The lowest BCUT2D eigenvalue weighted by Gasteiger charge is -2.17. The number of amides is 2. The number of benzene rings is 2. The highest BCUT2D eigenvalue weighted by molar-refractivity contribution is 7.13. The van der Waals surface area contributed by atoms with E-state index in [0.717, 1.165) is 35.7 Å². The maximum atomic E-state index is 12.9. The molecule has 1 aromatic heterocycles. The van der Waals surface area contributed by atoms with E-state index in [1.54, 1.807) is 24.3 Å². The molecule has 29 heavy (non-hydrogen) atoms. The van der Waals surface area contributed by atoms with Gasteiger partial charge in [-0.1, -0.05) is 25.1 Å². The third-order valence-electron chi connectivity index (χ3n) is 5.03. The van der Waals surface area contributed by atoms with Crippen molar-refractivity contribution in [1.29, 1.82) is 0 Å². The van der Waals surface area contributed by atoms with E-state index in [2.05, 4.69) is 23.3 Å². The van der Waals surface area contributed by atoms with Crippen LogP contribution in [0.25, 0.3) is 0 Å². The van der Waals surface area contributed by atoms with Gasteiger partial charge >= 0.3 is 0 Å². The van der Waals surface area contributed by atoms with Crippen molar-refractivity contribution in [3.05, 3.63) is 75.2 Å². The molecule has 0 spiro atoms. The van der Waals surface area contributed by atoms with Gasteiger partial charge in [0.15, 0.2) is 0 Å². The number of hydrogen-bond acceptors (Lipinski definition) is 4. The molecule has 0 saturated carbocycles. The molecule has 0 unspecified atom stereocenters. The van der Waals surface area contributed by atoms with E-state index in [-0.39, 0.29) is 11.8 Å². The lowest BCUT2D eigenvalue weighted by Crippen LogP contribution is -2.28. The summed E-state index contributed by atoms with van der Waals surface area (Å²) in [5.41, 5.74) is 4.22. The predicted octanol–water partition coefficient (Wildman–Crippen LogP) is 4.86. The van der Waals surface area contributed by atoms with E-state index in [0.29, 0.717) is 22.7 Å². The zero-order chi connectivity index (χ0) is 20.4. The summed E-state index contributed by atoms with van der Waals surface area (Å²) in [7, 11) is 0. The second-order valence-electron chi connectivity index (χ2n) is 7.14. The van der Waals surface area contributed by atoms with Gasteiger partial charge in [0.05, 0.1) is 10.7 Å². The van der Waals surface area contributed by atoms with Gasteiger partial charge in [0.25, 0.3) is 11.8 Å². The Kier molecular flexibility index (Phi) is 5.45. The van der Waals surface area contributed by atoms with Crippen molar-refractivity contribution < 1.29 is 9.59 Å². The number of carbonyl (C=O) groups excluding carboxylic acids is 2. The number of rotatable bonds is 5. The third-order valence-corrected chi connectivity index (χ3v) is 6.25. The molecule has 5 nitrogen and oxygen atoms in total. The minimum Gasteiger partial charge on any atom is -0.321 e. The first-order valence-corrected chi connectivity index (χ1v) is 10.7. The molecule has 0 saturated heterocycles. The molecule has 0 atom stereocenters. The van der Waals surface area contributed by atoms with Gasteiger partial charge in [-0.25, -0.2) is 4.98 Å².